The van der Waals surface area contributed by atoms with Gasteiger partial charge in [-0.1, -0.05) is 19.1 Å². The summed E-state index contributed by atoms with van der Waals surface area (Å²) in [6.45, 7) is 1.78. The summed E-state index contributed by atoms with van der Waals surface area (Å²) in [4.78, 5) is 22.1. The van der Waals surface area contributed by atoms with Crippen molar-refractivity contribution in [2.75, 3.05) is 0 Å². The van der Waals surface area contributed by atoms with E-state index < -0.39 is 36.7 Å². The van der Waals surface area contributed by atoms with Crippen LogP contribution in [0.25, 0.3) is 0 Å². The first-order valence-corrected chi connectivity index (χ1v) is 7.67. The number of hydrogen-bond acceptors (Lipinski definition) is 8. The Labute approximate surface area is 143 Å². The van der Waals surface area contributed by atoms with Gasteiger partial charge < -0.3 is 34.6 Å². The Morgan fingerprint density at radius 2 is 1.72 bits per heavy atom. The molecule has 5 atom stereocenters. The van der Waals surface area contributed by atoms with Crippen molar-refractivity contribution in [3.63, 3.8) is 0 Å². The molecule has 1 aliphatic heterocycles. The minimum absolute atomic E-state index is 0.0987. The van der Waals surface area contributed by atoms with Crippen LogP contribution in [0.5, 0.6) is 5.75 Å². The molecule has 1 aromatic rings. The average Bonchev–Trinajstić information content (AvgIpc) is 2.60. The van der Waals surface area contributed by atoms with E-state index in [1.807, 2.05) is 0 Å². The zero-order valence-electron chi connectivity index (χ0n) is 13.4. The predicted octanol–water partition coefficient (Wildman–Crippen LogP) is -0.589. The smallest absolute Gasteiger partial charge is 0.335 e. The lowest BCUT2D eigenvalue weighted by Gasteiger charge is -2.38. The normalized spacial score (nSPS) is 29.0. The van der Waals surface area contributed by atoms with Crippen molar-refractivity contribution in [3.8, 4) is 5.75 Å². The van der Waals surface area contributed by atoms with Crippen LogP contribution in [-0.2, 0) is 25.7 Å². The zero-order chi connectivity index (χ0) is 18.6. The third-order valence-corrected chi connectivity index (χ3v) is 3.68. The molecular formula is C16H20O9. The van der Waals surface area contributed by atoms with E-state index in [0.717, 1.165) is 0 Å². The summed E-state index contributed by atoms with van der Waals surface area (Å²) >= 11 is 0. The molecule has 0 radical (unpaired) electrons. The van der Waals surface area contributed by atoms with Gasteiger partial charge in [0.05, 0.1) is 0 Å². The molecule has 0 spiro atoms. The number of aliphatic carboxylic acids is 1. The van der Waals surface area contributed by atoms with Crippen LogP contribution in [-0.4, -0.2) is 63.1 Å². The fraction of sp³-hybridized carbons (Fsp3) is 0.500. The molecule has 4 N–H and O–H groups in total. The molecule has 9 nitrogen and oxygen atoms in total. The third-order valence-electron chi connectivity index (χ3n) is 3.68. The minimum atomic E-state index is -1.78. The summed E-state index contributed by atoms with van der Waals surface area (Å²) in [5.74, 6) is -1.58. The van der Waals surface area contributed by atoms with Crippen molar-refractivity contribution in [2.24, 2.45) is 0 Å². The molecule has 0 amide bonds. The molecule has 138 valence electrons. The number of carboxylic acid groups (broad SMARTS) is 1. The summed E-state index contributed by atoms with van der Waals surface area (Å²) in [5.41, 5.74) is 0.707. The standard InChI is InChI=1S/C16H20O9/c1-2-10(17)23-7-8-3-5-9(6-4-8)24-16-13(20)11(18)12(19)14(25-16)15(21)22/h3-6,11-14,16,18-20H,2,7H2,1H3,(H,21,22)/t11-,12-,13+,14-,16?/m0/s1. The van der Waals surface area contributed by atoms with E-state index in [-0.39, 0.29) is 24.7 Å². The molecular weight excluding hydrogens is 336 g/mol. The van der Waals surface area contributed by atoms with Gasteiger partial charge in [0.2, 0.25) is 6.29 Å². The van der Waals surface area contributed by atoms with Crippen LogP contribution >= 0.6 is 0 Å². The molecule has 2 rings (SSSR count). The molecule has 1 fully saturated rings. The second kappa shape index (κ2) is 8.26. The van der Waals surface area contributed by atoms with Gasteiger partial charge in [-0.25, -0.2) is 4.79 Å². The Hall–Kier alpha value is -2.20. The van der Waals surface area contributed by atoms with Crippen molar-refractivity contribution >= 4 is 11.9 Å². The largest absolute Gasteiger partial charge is 0.479 e. The third kappa shape index (κ3) is 4.67. The van der Waals surface area contributed by atoms with Crippen molar-refractivity contribution in [1.29, 1.82) is 0 Å². The summed E-state index contributed by atoms with van der Waals surface area (Å²) in [6, 6.07) is 6.26. The number of carbonyl (C=O) groups is 2. The number of ether oxygens (including phenoxy) is 3. The van der Waals surface area contributed by atoms with Gasteiger partial charge in [-0.3, -0.25) is 4.79 Å². The van der Waals surface area contributed by atoms with Crippen LogP contribution in [0.3, 0.4) is 0 Å². The van der Waals surface area contributed by atoms with E-state index in [0.29, 0.717) is 5.56 Å². The fourth-order valence-electron chi connectivity index (χ4n) is 2.21. The van der Waals surface area contributed by atoms with Crippen LogP contribution in [0.1, 0.15) is 18.9 Å². The summed E-state index contributed by atoms with van der Waals surface area (Å²) < 4.78 is 15.4. The highest BCUT2D eigenvalue weighted by Crippen LogP contribution is 2.25. The van der Waals surface area contributed by atoms with E-state index >= 15 is 0 Å². The minimum Gasteiger partial charge on any atom is -0.479 e. The number of aliphatic hydroxyl groups excluding tert-OH is 3. The Kier molecular flexibility index (Phi) is 6.32. The molecule has 0 aliphatic carbocycles. The van der Waals surface area contributed by atoms with E-state index in [1.165, 1.54) is 12.1 Å². The fourth-order valence-corrected chi connectivity index (χ4v) is 2.21. The van der Waals surface area contributed by atoms with Gasteiger partial charge in [-0.15, -0.1) is 0 Å². The van der Waals surface area contributed by atoms with E-state index in [1.54, 1.807) is 19.1 Å². The molecule has 0 saturated carbocycles. The van der Waals surface area contributed by atoms with Gasteiger partial charge in [0.25, 0.3) is 0 Å². The number of carboxylic acids is 1. The highest BCUT2D eigenvalue weighted by Gasteiger charge is 2.48. The Bertz CT molecular complexity index is 600. The molecule has 0 bridgehead atoms. The monoisotopic (exact) mass is 356 g/mol. The SMILES string of the molecule is CCC(=O)OCc1ccc(OC2O[C@H](C(=O)O)[C@@H](O)[C@H](O)[C@H]2O)cc1. The highest BCUT2D eigenvalue weighted by molar-refractivity contribution is 5.73. The van der Waals surface area contributed by atoms with Crippen LogP contribution in [0, 0.1) is 0 Å². The molecule has 25 heavy (non-hydrogen) atoms. The summed E-state index contributed by atoms with van der Waals surface area (Å²) in [5, 5.41) is 38.2. The first kappa shape index (κ1) is 19.1. The lowest BCUT2D eigenvalue weighted by Crippen LogP contribution is -2.61. The maximum atomic E-state index is 11.1. The van der Waals surface area contributed by atoms with E-state index in [2.05, 4.69) is 0 Å². The van der Waals surface area contributed by atoms with Gasteiger partial charge in [-0.05, 0) is 17.7 Å². The molecule has 1 aromatic carbocycles. The first-order chi connectivity index (χ1) is 11.8. The van der Waals surface area contributed by atoms with Crippen LogP contribution < -0.4 is 4.74 Å². The van der Waals surface area contributed by atoms with E-state index in [4.69, 9.17) is 19.3 Å². The van der Waals surface area contributed by atoms with Crippen LogP contribution in [0.2, 0.25) is 0 Å². The van der Waals surface area contributed by atoms with Crippen LogP contribution in [0.15, 0.2) is 24.3 Å². The molecule has 1 heterocycles. The topological polar surface area (TPSA) is 143 Å². The molecule has 1 saturated heterocycles. The summed E-state index contributed by atoms with van der Waals surface area (Å²) in [7, 11) is 0. The number of carbonyl (C=O) groups excluding carboxylic acids is 1. The zero-order valence-corrected chi connectivity index (χ0v) is 13.4. The van der Waals surface area contributed by atoms with Gasteiger partial charge in [0.15, 0.2) is 6.10 Å². The quantitative estimate of drug-likeness (QED) is 0.492. The van der Waals surface area contributed by atoms with Gasteiger partial charge in [-0.2, -0.15) is 0 Å². The number of esters is 1. The molecule has 0 aromatic heterocycles. The number of benzene rings is 1. The van der Waals surface area contributed by atoms with Gasteiger partial charge in [0, 0.05) is 6.42 Å². The van der Waals surface area contributed by atoms with Gasteiger partial charge >= 0.3 is 11.9 Å². The van der Waals surface area contributed by atoms with Crippen LogP contribution in [0.4, 0.5) is 0 Å². The molecule has 1 unspecified atom stereocenters. The lowest BCUT2D eigenvalue weighted by atomic mass is 9.99. The highest BCUT2D eigenvalue weighted by atomic mass is 16.7. The Balaban J connectivity index is 2.00. The molecule has 9 heteroatoms. The number of rotatable bonds is 6. The maximum Gasteiger partial charge on any atom is 0.335 e. The molecule has 1 aliphatic rings. The number of aliphatic hydroxyl groups is 3. The Morgan fingerprint density at radius 3 is 2.28 bits per heavy atom. The predicted molar refractivity (Wildman–Crippen MR) is 81.5 cm³/mol. The second-order valence-corrected chi connectivity index (χ2v) is 5.51. The van der Waals surface area contributed by atoms with Crippen molar-refractivity contribution in [3.05, 3.63) is 29.8 Å². The van der Waals surface area contributed by atoms with E-state index in [9.17, 15) is 24.9 Å². The average molecular weight is 356 g/mol. The maximum absolute atomic E-state index is 11.1. The first-order valence-electron chi connectivity index (χ1n) is 7.67. The number of hydrogen-bond donors (Lipinski definition) is 4. The van der Waals surface area contributed by atoms with Crippen molar-refractivity contribution < 1.29 is 44.2 Å². The second-order valence-electron chi connectivity index (χ2n) is 5.51. The lowest BCUT2D eigenvalue weighted by molar-refractivity contribution is -0.271. The summed E-state index contributed by atoms with van der Waals surface area (Å²) in [6.07, 6.45) is -8.05. The van der Waals surface area contributed by atoms with Gasteiger partial charge in [0.1, 0.15) is 30.7 Å². The van der Waals surface area contributed by atoms with Crippen molar-refractivity contribution in [1.82, 2.24) is 0 Å². The Morgan fingerprint density at radius 1 is 1.08 bits per heavy atom. The van der Waals surface area contributed by atoms with Crippen molar-refractivity contribution in [2.45, 2.75) is 50.7 Å².